The van der Waals surface area contributed by atoms with Crippen molar-refractivity contribution >= 4 is 11.6 Å². The lowest BCUT2D eigenvalue weighted by Gasteiger charge is -2.35. The lowest BCUT2D eigenvalue weighted by atomic mass is 9.80. The average Bonchev–Trinajstić information content (AvgIpc) is 3.13. The quantitative estimate of drug-likeness (QED) is 0.714. The third kappa shape index (κ3) is 3.26. The van der Waals surface area contributed by atoms with Gasteiger partial charge in [0.25, 0.3) is 0 Å². The number of nitrogens with zero attached hydrogens (tertiary/aromatic N) is 3. The van der Waals surface area contributed by atoms with Gasteiger partial charge in [0.1, 0.15) is 12.7 Å². The molecule has 124 valence electrons. The summed E-state index contributed by atoms with van der Waals surface area (Å²) in [5, 5.41) is 35.3. The zero-order chi connectivity index (χ0) is 16.4. The molecule has 0 bridgehead atoms. The summed E-state index contributed by atoms with van der Waals surface area (Å²) in [6.07, 6.45) is 2.37. The molecule has 1 aliphatic rings. The molecule has 6 nitrogen and oxygen atoms in total. The molecular formula is C16H20ClN3O3. The molecule has 1 aromatic carbocycles. The van der Waals surface area contributed by atoms with E-state index in [-0.39, 0.29) is 12.5 Å². The highest BCUT2D eigenvalue weighted by Gasteiger charge is 2.52. The van der Waals surface area contributed by atoms with Gasteiger partial charge in [-0.05, 0) is 42.9 Å². The van der Waals surface area contributed by atoms with E-state index in [2.05, 4.69) is 10.1 Å². The van der Waals surface area contributed by atoms with Crippen LogP contribution < -0.4 is 0 Å². The zero-order valence-corrected chi connectivity index (χ0v) is 13.3. The third-order valence-corrected chi connectivity index (χ3v) is 5.12. The van der Waals surface area contributed by atoms with Crippen molar-refractivity contribution in [3.05, 3.63) is 47.5 Å². The Kier molecular flexibility index (Phi) is 4.68. The topological polar surface area (TPSA) is 91.4 Å². The smallest absolute Gasteiger partial charge is 0.161 e. The first kappa shape index (κ1) is 16.4. The summed E-state index contributed by atoms with van der Waals surface area (Å²) in [4.78, 5) is 3.87. The van der Waals surface area contributed by atoms with E-state index >= 15 is 0 Å². The van der Waals surface area contributed by atoms with Crippen molar-refractivity contribution in [1.29, 1.82) is 0 Å². The van der Waals surface area contributed by atoms with Crippen LogP contribution in [0.3, 0.4) is 0 Å². The Balaban J connectivity index is 1.77. The van der Waals surface area contributed by atoms with E-state index in [0.717, 1.165) is 12.0 Å². The first-order chi connectivity index (χ1) is 11.0. The fourth-order valence-corrected chi connectivity index (χ4v) is 3.64. The maximum atomic E-state index is 10.8. The minimum atomic E-state index is -1.61. The molecule has 3 unspecified atom stereocenters. The lowest BCUT2D eigenvalue weighted by molar-refractivity contribution is -0.179. The standard InChI is InChI=1S/C16H20ClN3O3/c17-13-3-1-11(2-4-13)7-12-5-6-16(14(12)21,15(22)23)8-20-10-18-9-19-20/h1-4,9-10,12,14-15,21-23H,5-8H2. The molecule has 0 radical (unpaired) electrons. The number of halogens is 1. The number of aliphatic hydroxyl groups is 3. The Morgan fingerprint density at radius 1 is 1.30 bits per heavy atom. The molecule has 1 aromatic heterocycles. The molecule has 0 saturated heterocycles. The largest absolute Gasteiger partial charge is 0.392 e. The predicted octanol–water partition coefficient (Wildman–Crippen LogP) is 1.24. The molecule has 1 heterocycles. The molecule has 23 heavy (non-hydrogen) atoms. The van der Waals surface area contributed by atoms with Gasteiger partial charge in [0, 0.05) is 5.02 Å². The van der Waals surface area contributed by atoms with Crippen LogP contribution in [0, 0.1) is 11.3 Å². The van der Waals surface area contributed by atoms with E-state index in [1.165, 1.54) is 17.3 Å². The number of hydrogen-bond donors (Lipinski definition) is 3. The molecule has 0 amide bonds. The minimum Gasteiger partial charge on any atom is -0.392 e. The van der Waals surface area contributed by atoms with E-state index in [9.17, 15) is 15.3 Å². The van der Waals surface area contributed by atoms with E-state index in [4.69, 9.17) is 11.6 Å². The summed E-state index contributed by atoms with van der Waals surface area (Å²) < 4.78 is 1.54. The highest BCUT2D eigenvalue weighted by Crippen LogP contribution is 2.46. The Bertz CT molecular complexity index is 633. The van der Waals surface area contributed by atoms with Gasteiger partial charge in [0.15, 0.2) is 6.29 Å². The predicted molar refractivity (Wildman–Crippen MR) is 84.6 cm³/mol. The fraction of sp³-hybridized carbons (Fsp3) is 0.500. The first-order valence-corrected chi connectivity index (χ1v) is 8.00. The van der Waals surface area contributed by atoms with Crippen molar-refractivity contribution in [3.8, 4) is 0 Å². The summed E-state index contributed by atoms with van der Waals surface area (Å²) in [5.74, 6) is -0.0403. The van der Waals surface area contributed by atoms with Gasteiger partial charge in [-0.15, -0.1) is 0 Å². The summed E-state index contributed by atoms with van der Waals surface area (Å²) >= 11 is 5.89. The fourth-order valence-electron chi connectivity index (χ4n) is 3.52. The molecule has 3 N–H and O–H groups in total. The Labute approximate surface area is 139 Å². The van der Waals surface area contributed by atoms with Crippen LogP contribution in [0.5, 0.6) is 0 Å². The molecule has 3 atom stereocenters. The van der Waals surface area contributed by atoms with Crippen molar-refractivity contribution in [2.24, 2.45) is 11.3 Å². The molecule has 2 aromatic rings. The van der Waals surface area contributed by atoms with E-state index in [1.807, 2.05) is 24.3 Å². The average molecular weight is 338 g/mol. The monoisotopic (exact) mass is 337 g/mol. The van der Waals surface area contributed by atoms with E-state index in [1.54, 1.807) is 0 Å². The Morgan fingerprint density at radius 2 is 2.04 bits per heavy atom. The molecule has 0 aliphatic heterocycles. The summed E-state index contributed by atoms with van der Waals surface area (Å²) in [7, 11) is 0. The highest BCUT2D eigenvalue weighted by molar-refractivity contribution is 6.30. The van der Waals surface area contributed by atoms with Crippen LogP contribution in [0.1, 0.15) is 18.4 Å². The van der Waals surface area contributed by atoms with E-state index < -0.39 is 17.8 Å². The molecule has 1 saturated carbocycles. The first-order valence-electron chi connectivity index (χ1n) is 7.62. The second kappa shape index (κ2) is 6.57. The third-order valence-electron chi connectivity index (χ3n) is 4.86. The molecule has 7 heteroatoms. The zero-order valence-electron chi connectivity index (χ0n) is 12.6. The summed E-state index contributed by atoms with van der Waals surface area (Å²) in [6.45, 7) is 0.225. The van der Waals surface area contributed by atoms with Crippen molar-refractivity contribution in [1.82, 2.24) is 14.8 Å². The number of aliphatic hydroxyl groups excluding tert-OH is 2. The number of hydrogen-bond acceptors (Lipinski definition) is 5. The second-order valence-electron chi connectivity index (χ2n) is 6.27. The number of benzene rings is 1. The maximum absolute atomic E-state index is 10.8. The van der Waals surface area contributed by atoms with E-state index in [0.29, 0.717) is 17.9 Å². The van der Waals surface area contributed by atoms with Crippen molar-refractivity contribution in [3.63, 3.8) is 0 Å². The van der Waals surface area contributed by atoms with Crippen LogP contribution >= 0.6 is 11.6 Å². The van der Waals surface area contributed by atoms with Gasteiger partial charge < -0.3 is 15.3 Å². The summed E-state index contributed by atoms with van der Waals surface area (Å²) in [6, 6.07) is 7.51. The van der Waals surface area contributed by atoms with Crippen LogP contribution in [-0.2, 0) is 13.0 Å². The van der Waals surface area contributed by atoms with Crippen molar-refractivity contribution < 1.29 is 15.3 Å². The number of aromatic nitrogens is 3. The summed E-state index contributed by atoms with van der Waals surface area (Å²) in [5.41, 5.74) is 0.0487. The van der Waals surface area contributed by atoms with Gasteiger partial charge in [0.05, 0.1) is 18.1 Å². The van der Waals surface area contributed by atoms with Crippen LogP contribution in [-0.4, -0.2) is 42.5 Å². The minimum absolute atomic E-state index is 0.0403. The molecule has 0 spiro atoms. The van der Waals surface area contributed by atoms with Crippen molar-refractivity contribution in [2.45, 2.75) is 38.2 Å². The lowest BCUT2D eigenvalue weighted by Crippen LogP contribution is -2.47. The Morgan fingerprint density at radius 3 is 2.65 bits per heavy atom. The van der Waals surface area contributed by atoms with Crippen molar-refractivity contribution in [2.75, 3.05) is 0 Å². The SMILES string of the molecule is OC(O)C1(Cn2cncn2)CCC(Cc2ccc(Cl)cc2)C1O. The van der Waals surface area contributed by atoms with Crippen LogP contribution in [0.4, 0.5) is 0 Å². The van der Waals surface area contributed by atoms with Gasteiger partial charge >= 0.3 is 0 Å². The second-order valence-corrected chi connectivity index (χ2v) is 6.71. The van der Waals surface area contributed by atoms with Gasteiger partial charge in [-0.25, -0.2) is 4.98 Å². The van der Waals surface area contributed by atoms with Gasteiger partial charge in [0.2, 0.25) is 0 Å². The van der Waals surface area contributed by atoms with Gasteiger partial charge in [-0.3, -0.25) is 4.68 Å². The highest BCUT2D eigenvalue weighted by atomic mass is 35.5. The molecule has 3 rings (SSSR count). The van der Waals surface area contributed by atoms with Gasteiger partial charge in [-0.1, -0.05) is 23.7 Å². The normalized spacial score (nSPS) is 27.7. The Hall–Kier alpha value is -1.47. The van der Waals surface area contributed by atoms with Crippen LogP contribution in [0.2, 0.25) is 5.02 Å². The molecular weight excluding hydrogens is 318 g/mol. The van der Waals surface area contributed by atoms with Crippen LogP contribution in [0.25, 0.3) is 0 Å². The molecule has 1 aliphatic carbocycles. The van der Waals surface area contributed by atoms with Crippen LogP contribution in [0.15, 0.2) is 36.9 Å². The molecule has 1 fully saturated rings. The van der Waals surface area contributed by atoms with Gasteiger partial charge in [-0.2, -0.15) is 5.10 Å². The number of rotatable bonds is 5. The maximum Gasteiger partial charge on any atom is 0.161 e.